The fraction of sp³-hybridized carbons (Fsp3) is 0.652. The lowest BCUT2D eigenvalue weighted by molar-refractivity contribution is -0.0122. The molecule has 32 heavy (non-hydrogen) atoms. The van der Waals surface area contributed by atoms with Gasteiger partial charge in [0, 0.05) is 43.7 Å². The number of nitrogens with one attached hydrogen (secondary N) is 2. The van der Waals surface area contributed by atoms with Gasteiger partial charge < -0.3 is 34.9 Å². The van der Waals surface area contributed by atoms with Gasteiger partial charge >= 0.3 is 6.09 Å². The second-order valence-electron chi connectivity index (χ2n) is 9.18. The van der Waals surface area contributed by atoms with Gasteiger partial charge in [-0.3, -0.25) is 4.79 Å². The summed E-state index contributed by atoms with van der Waals surface area (Å²) in [5, 5.41) is 16.7. The molecule has 2 amide bonds. The van der Waals surface area contributed by atoms with E-state index in [0.717, 1.165) is 12.1 Å². The SMILES string of the molecule is CCNc1cc2c(c(C(=O)NC[C@@H]3CCN(C(=O)OC(C)(C)C)CC3O)c1)OCCCO2. The molecular formula is C23H35N3O6. The number of fused-ring (bicyclic) bond motifs is 1. The Morgan fingerprint density at radius 3 is 2.69 bits per heavy atom. The standard InChI is InChI=1S/C23H35N3O6/c1-5-24-16-11-17(20-19(12-16)30-9-6-10-31-20)21(28)25-13-15-7-8-26(14-18(15)27)22(29)32-23(2,3)4/h11-12,15,18,24,27H,5-10,13-14H2,1-4H3,(H,25,28)/t15-,18?/m0/s1. The number of amides is 2. The van der Waals surface area contributed by atoms with Gasteiger partial charge in [-0.05, 0) is 40.2 Å². The molecular weight excluding hydrogens is 414 g/mol. The lowest BCUT2D eigenvalue weighted by Gasteiger charge is -2.36. The number of ether oxygens (including phenoxy) is 3. The number of carbonyl (C=O) groups excluding carboxylic acids is 2. The minimum Gasteiger partial charge on any atom is -0.489 e. The van der Waals surface area contributed by atoms with Gasteiger partial charge in [0.2, 0.25) is 0 Å². The van der Waals surface area contributed by atoms with Gasteiger partial charge in [-0.15, -0.1) is 0 Å². The molecule has 1 unspecified atom stereocenters. The van der Waals surface area contributed by atoms with Crippen molar-refractivity contribution >= 4 is 17.7 Å². The quantitative estimate of drug-likeness (QED) is 0.634. The maximum atomic E-state index is 13.0. The zero-order chi connectivity index (χ0) is 23.3. The van der Waals surface area contributed by atoms with E-state index in [-0.39, 0.29) is 18.4 Å². The predicted octanol–water partition coefficient (Wildman–Crippen LogP) is 2.63. The van der Waals surface area contributed by atoms with Crippen molar-refractivity contribution in [3.8, 4) is 11.5 Å². The molecule has 178 valence electrons. The number of rotatable bonds is 5. The van der Waals surface area contributed by atoms with E-state index in [1.165, 1.54) is 4.90 Å². The van der Waals surface area contributed by atoms with Gasteiger partial charge in [0.25, 0.3) is 5.91 Å². The van der Waals surface area contributed by atoms with Crippen molar-refractivity contribution in [2.45, 2.75) is 52.2 Å². The van der Waals surface area contributed by atoms with Crippen LogP contribution in [-0.4, -0.2) is 73.1 Å². The van der Waals surface area contributed by atoms with Crippen LogP contribution in [0.3, 0.4) is 0 Å². The third-order valence-electron chi connectivity index (χ3n) is 5.37. The molecule has 2 aliphatic heterocycles. The Morgan fingerprint density at radius 1 is 1.25 bits per heavy atom. The lowest BCUT2D eigenvalue weighted by atomic mass is 9.94. The Balaban J connectivity index is 1.62. The molecule has 2 atom stereocenters. The van der Waals surface area contributed by atoms with Gasteiger partial charge in [0.1, 0.15) is 5.60 Å². The molecule has 0 bridgehead atoms. The van der Waals surface area contributed by atoms with Crippen molar-refractivity contribution < 1.29 is 28.9 Å². The second-order valence-corrected chi connectivity index (χ2v) is 9.18. The fourth-order valence-electron chi connectivity index (χ4n) is 3.78. The van der Waals surface area contributed by atoms with Crippen molar-refractivity contribution in [1.82, 2.24) is 10.2 Å². The summed E-state index contributed by atoms with van der Waals surface area (Å²) in [7, 11) is 0. The van der Waals surface area contributed by atoms with Crippen LogP contribution in [0.25, 0.3) is 0 Å². The van der Waals surface area contributed by atoms with E-state index in [1.807, 2.05) is 33.8 Å². The molecule has 9 heteroatoms. The largest absolute Gasteiger partial charge is 0.489 e. The fourth-order valence-corrected chi connectivity index (χ4v) is 3.78. The minimum atomic E-state index is -0.749. The van der Waals surface area contributed by atoms with Crippen LogP contribution in [-0.2, 0) is 4.74 Å². The van der Waals surface area contributed by atoms with Crippen molar-refractivity contribution in [1.29, 1.82) is 0 Å². The summed E-state index contributed by atoms with van der Waals surface area (Å²) in [5.41, 5.74) is 0.603. The second kappa shape index (κ2) is 10.3. The number of aliphatic hydroxyl groups excluding tert-OH is 1. The van der Waals surface area contributed by atoms with E-state index in [9.17, 15) is 14.7 Å². The minimum absolute atomic E-state index is 0.162. The van der Waals surface area contributed by atoms with E-state index in [0.29, 0.717) is 56.3 Å². The predicted molar refractivity (Wildman–Crippen MR) is 120 cm³/mol. The Bertz CT molecular complexity index is 823. The molecule has 1 aromatic rings. The Hall–Kier alpha value is -2.68. The van der Waals surface area contributed by atoms with Crippen molar-refractivity contribution in [2.75, 3.05) is 44.7 Å². The van der Waals surface area contributed by atoms with E-state index in [2.05, 4.69) is 10.6 Å². The number of β-amino-alcohol motifs (C(OH)–C–C–N with tert-alkyl or cyclic N) is 1. The summed E-state index contributed by atoms with van der Waals surface area (Å²) in [6.07, 6.45) is 0.130. The molecule has 2 heterocycles. The maximum Gasteiger partial charge on any atom is 0.410 e. The molecule has 1 saturated heterocycles. The molecule has 9 nitrogen and oxygen atoms in total. The molecule has 3 rings (SSSR count). The lowest BCUT2D eigenvalue weighted by Crippen LogP contribution is -2.50. The molecule has 0 aliphatic carbocycles. The van der Waals surface area contributed by atoms with Crippen molar-refractivity contribution in [2.24, 2.45) is 5.92 Å². The molecule has 2 aliphatic rings. The van der Waals surface area contributed by atoms with Crippen molar-refractivity contribution in [3.63, 3.8) is 0 Å². The average Bonchev–Trinajstić information content (AvgIpc) is 2.96. The monoisotopic (exact) mass is 449 g/mol. The number of benzene rings is 1. The van der Waals surface area contributed by atoms with Crippen LogP contribution in [0.5, 0.6) is 11.5 Å². The highest BCUT2D eigenvalue weighted by Gasteiger charge is 2.33. The van der Waals surface area contributed by atoms with Gasteiger partial charge in [-0.25, -0.2) is 4.79 Å². The summed E-state index contributed by atoms with van der Waals surface area (Å²) >= 11 is 0. The Morgan fingerprint density at radius 2 is 2.00 bits per heavy atom. The summed E-state index contributed by atoms with van der Waals surface area (Å²) in [6.45, 7) is 10.1. The number of hydrogen-bond donors (Lipinski definition) is 3. The summed E-state index contributed by atoms with van der Waals surface area (Å²) < 4.78 is 17.0. The van der Waals surface area contributed by atoms with E-state index >= 15 is 0 Å². The average molecular weight is 450 g/mol. The van der Waals surface area contributed by atoms with Crippen LogP contribution in [0.2, 0.25) is 0 Å². The number of anilines is 1. The smallest absolute Gasteiger partial charge is 0.410 e. The van der Waals surface area contributed by atoms with Gasteiger partial charge in [0.05, 0.1) is 31.4 Å². The first-order chi connectivity index (χ1) is 15.2. The van der Waals surface area contributed by atoms with Crippen molar-refractivity contribution in [3.05, 3.63) is 17.7 Å². The first kappa shape index (κ1) is 24.0. The molecule has 1 fully saturated rings. The first-order valence-electron chi connectivity index (χ1n) is 11.3. The third kappa shape index (κ3) is 6.18. The summed E-state index contributed by atoms with van der Waals surface area (Å²) in [5.74, 6) is 0.553. The van der Waals surface area contributed by atoms with Crippen LogP contribution in [0, 0.1) is 5.92 Å². The highest BCUT2D eigenvalue weighted by Crippen LogP contribution is 2.36. The number of nitrogens with zero attached hydrogens (tertiary/aromatic N) is 1. The Kier molecular flexibility index (Phi) is 7.71. The molecule has 3 N–H and O–H groups in total. The number of hydrogen-bond acceptors (Lipinski definition) is 7. The van der Waals surface area contributed by atoms with E-state index in [1.54, 1.807) is 6.07 Å². The normalized spacial score (nSPS) is 20.8. The van der Waals surface area contributed by atoms with E-state index < -0.39 is 17.8 Å². The van der Waals surface area contributed by atoms with Crippen LogP contribution in [0.15, 0.2) is 12.1 Å². The molecule has 0 spiro atoms. The highest BCUT2D eigenvalue weighted by molar-refractivity contribution is 5.99. The topological polar surface area (TPSA) is 109 Å². The number of likely N-dealkylation sites (tertiary alicyclic amines) is 1. The third-order valence-corrected chi connectivity index (χ3v) is 5.37. The van der Waals surface area contributed by atoms with Crippen LogP contribution in [0.4, 0.5) is 10.5 Å². The zero-order valence-corrected chi connectivity index (χ0v) is 19.4. The molecule has 1 aromatic carbocycles. The molecule has 0 aromatic heterocycles. The van der Waals surface area contributed by atoms with E-state index in [4.69, 9.17) is 14.2 Å². The van der Waals surface area contributed by atoms with Gasteiger partial charge in [-0.1, -0.05) is 0 Å². The van der Waals surface area contributed by atoms with Gasteiger partial charge in [0.15, 0.2) is 11.5 Å². The number of carbonyl (C=O) groups is 2. The maximum absolute atomic E-state index is 13.0. The first-order valence-corrected chi connectivity index (χ1v) is 11.3. The van der Waals surface area contributed by atoms with Gasteiger partial charge in [-0.2, -0.15) is 0 Å². The zero-order valence-electron chi connectivity index (χ0n) is 19.4. The Labute approximate surface area is 189 Å². The number of piperidine rings is 1. The summed E-state index contributed by atoms with van der Waals surface area (Å²) in [6, 6.07) is 3.60. The molecule has 0 radical (unpaired) electrons. The van der Waals surface area contributed by atoms with Crippen LogP contribution >= 0.6 is 0 Å². The highest BCUT2D eigenvalue weighted by atomic mass is 16.6. The van der Waals surface area contributed by atoms with Crippen LogP contribution in [0.1, 0.15) is 50.9 Å². The summed E-state index contributed by atoms with van der Waals surface area (Å²) in [4.78, 5) is 26.8. The molecule has 0 saturated carbocycles. The number of aliphatic hydroxyl groups is 1. The van der Waals surface area contributed by atoms with Crippen LogP contribution < -0.4 is 20.1 Å².